The summed E-state index contributed by atoms with van der Waals surface area (Å²) in [5.74, 6) is -0.0751. The molecule has 0 aromatic carbocycles. The molecule has 0 aliphatic heterocycles. The van der Waals surface area contributed by atoms with Crippen LogP contribution in [0, 0.1) is 0 Å². The molecule has 0 aromatic heterocycles. The van der Waals surface area contributed by atoms with Crippen molar-refractivity contribution in [3.8, 4) is 0 Å². The van der Waals surface area contributed by atoms with Gasteiger partial charge in [0.15, 0.2) is 0 Å². The third-order valence-corrected chi connectivity index (χ3v) is 10.3. The zero-order valence-electron chi connectivity index (χ0n) is 34.8. The minimum atomic E-state index is -0.862. The lowest BCUT2D eigenvalue weighted by Crippen LogP contribution is -2.45. The largest absolute Gasteiger partial charge is 0.394 e. The molecule has 4 heteroatoms. The first-order chi connectivity index (χ1) is 25.7. The van der Waals surface area contributed by atoms with Crippen molar-refractivity contribution in [3.63, 3.8) is 0 Å². The molecule has 0 spiro atoms. The zero-order chi connectivity index (χ0) is 37.8. The third kappa shape index (κ3) is 39.6. The zero-order valence-corrected chi connectivity index (χ0v) is 34.8. The van der Waals surface area contributed by atoms with Gasteiger partial charge in [0.25, 0.3) is 0 Å². The second-order valence-electron chi connectivity index (χ2n) is 15.5. The van der Waals surface area contributed by atoms with Crippen LogP contribution in [0.15, 0.2) is 48.6 Å². The fraction of sp³-hybridized carbons (Fsp3) is 0.812. The average Bonchev–Trinajstić information content (AvgIpc) is 3.15. The van der Waals surface area contributed by atoms with Crippen LogP contribution in [0.1, 0.15) is 232 Å². The maximum Gasteiger partial charge on any atom is 0.220 e. The van der Waals surface area contributed by atoms with E-state index in [1.54, 1.807) is 6.08 Å². The Balaban J connectivity index is 3.56. The van der Waals surface area contributed by atoms with Crippen LogP contribution in [0.3, 0.4) is 0 Å². The average molecular weight is 728 g/mol. The molecule has 0 fully saturated rings. The van der Waals surface area contributed by atoms with Crippen molar-refractivity contribution >= 4 is 5.91 Å². The summed E-state index contributed by atoms with van der Waals surface area (Å²) in [7, 11) is 0. The van der Waals surface area contributed by atoms with Crippen molar-refractivity contribution in [2.24, 2.45) is 0 Å². The molecule has 0 aromatic rings. The van der Waals surface area contributed by atoms with Crippen LogP contribution < -0.4 is 5.32 Å². The van der Waals surface area contributed by atoms with E-state index < -0.39 is 12.1 Å². The van der Waals surface area contributed by atoms with Gasteiger partial charge in [-0.15, -0.1) is 0 Å². The minimum absolute atomic E-state index is 0.0751. The van der Waals surface area contributed by atoms with E-state index in [1.807, 2.05) is 6.08 Å². The standard InChI is InChI=1S/C48H89NO3/c1-3-5-7-9-11-13-15-17-19-20-21-22-23-24-25-26-27-28-30-32-34-36-38-40-42-44-48(52)49-46(45-50)47(51)43-41-39-37-35-33-31-29-18-16-14-12-10-8-6-4-2/h15,17,20-21,33,35,41,43,46-47,50-51H,3-14,16,18-19,22-32,34,36-40,42,44-45H2,1-2H3,(H,49,52)/b17-15-,21-20-,35-33+,43-41+. The lowest BCUT2D eigenvalue weighted by molar-refractivity contribution is -0.123. The van der Waals surface area contributed by atoms with E-state index in [9.17, 15) is 15.0 Å². The smallest absolute Gasteiger partial charge is 0.220 e. The Bertz CT molecular complexity index is 831. The number of unbranched alkanes of at least 4 members (excludes halogenated alkanes) is 28. The molecule has 2 unspecified atom stereocenters. The maximum absolute atomic E-state index is 12.4. The van der Waals surface area contributed by atoms with Crippen LogP contribution in [-0.2, 0) is 4.79 Å². The van der Waals surface area contributed by atoms with E-state index in [4.69, 9.17) is 0 Å². The van der Waals surface area contributed by atoms with Gasteiger partial charge in [-0.1, -0.05) is 210 Å². The molecule has 0 aliphatic rings. The number of aliphatic hydroxyl groups is 2. The molecule has 3 N–H and O–H groups in total. The molecule has 1 amide bonds. The summed E-state index contributed by atoms with van der Waals surface area (Å²) in [5.41, 5.74) is 0. The number of allylic oxidation sites excluding steroid dienone is 7. The number of amides is 1. The number of nitrogens with one attached hydrogen (secondary N) is 1. The summed E-state index contributed by atoms with van der Waals surface area (Å²) in [6.45, 7) is 4.28. The highest BCUT2D eigenvalue weighted by Gasteiger charge is 2.17. The van der Waals surface area contributed by atoms with Gasteiger partial charge in [-0.2, -0.15) is 0 Å². The molecule has 0 saturated heterocycles. The molecular weight excluding hydrogens is 639 g/mol. The SMILES string of the molecule is CCCCCCC/C=C\C/C=C\CCCCCCCCCCCCCCCC(=O)NC(CO)C(O)/C=C/CC/C=C/CCCCCCCCCCC. The molecule has 0 bridgehead atoms. The van der Waals surface area contributed by atoms with E-state index in [-0.39, 0.29) is 12.5 Å². The van der Waals surface area contributed by atoms with E-state index in [0.717, 1.165) is 38.5 Å². The molecule has 0 saturated carbocycles. The van der Waals surface area contributed by atoms with Gasteiger partial charge in [-0.05, 0) is 64.2 Å². The number of hydrogen-bond donors (Lipinski definition) is 3. The normalized spacial score (nSPS) is 13.4. The van der Waals surface area contributed by atoms with Gasteiger partial charge in [-0.3, -0.25) is 4.79 Å². The van der Waals surface area contributed by atoms with Crippen molar-refractivity contribution in [2.75, 3.05) is 6.61 Å². The number of aliphatic hydroxyl groups excluding tert-OH is 2. The predicted molar refractivity (Wildman–Crippen MR) is 230 cm³/mol. The van der Waals surface area contributed by atoms with Crippen LogP contribution in [0.4, 0.5) is 0 Å². The molecule has 2 atom stereocenters. The Morgan fingerprint density at radius 2 is 0.808 bits per heavy atom. The first-order valence-electron chi connectivity index (χ1n) is 22.9. The Kier molecular flexibility index (Phi) is 42.4. The summed E-state index contributed by atoms with van der Waals surface area (Å²) < 4.78 is 0. The van der Waals surface area contributed by atoms with Gasteiger partial charge in [0.1, 0.15) is 0 Å². The van der Waals surface area contributed by atoms with Crippen LogP contribution >= 0.6 is 0 Å². The Morgan fingerprint density at radius 1 is 0.462 bits per heavy atom. The second kappa shape index (κ2) is 43.8. The van der Waals surface area contributed by atoms with E-state index in [2.05, 4.69) is 55.6 Å². The van der Waals surface area contributed by atoms with Crippen molar-refractivity contribution in [1.29, 1.82) is 0 Å². The van der Waals surface area contributed by atoms with Crippen LogP contribution in [0.25, 0.3) is 0 Å². The summed E-state index contributed by atoms with van der Waals surface area (Å²) >= 11 is 0. The minimum Gasteiger partial charge on any atom is -0.394 e. The van der Waals surface area contributed by atoms with Gasteiger partial charge in [0, 0.05) is 6.42 Å². The van der Waals surface area contributed by atoms with Crippen LogP contribution in [0.2, 0.25) is 0 Å². The topological polar surface area (TPSA) is 69.6 Å². The predicted octanol–water partition coefficient (Wildman–Crippen LogP) is 14.4. The highest BCUT2D eigenvalue weighted by Crippen LogP contribution is 2.15. The van der Waals surface area contributed by atoms with E-state index in [0.29, 0.717) is 6.42 Å². The first kappa shape index (κ1) is 50.4. The second-order valence-corrected chi connectivity index (χ2v) is 15.5. The summed E-state index contributed by atoms with van der Waals surface area (Å²) in [4.78, 5) is 12.4. The van der Waals surface area contributed by atoms with Gasteiger partial charge in [0.2, 0.25) is 5.91 Å². The number of rotatable bonds is 41. The highest BCUT2D eigenvalue weighted by molar-refractivity contribution is 5.76. The molecule has 0 radical (unpaired) electrons. The Morgan fingerprint density at radius 3 is 1.23 bits per heavy atom. The highest BCUT2D eigenvalue weighted by atomic mass is 16.3. The molecule has 4 nitrogen and oxygen atoms in total. The van der Waals surface area contributed by atoms with Crippen molar-refractivity contribution < 1.29 is 15.0 Å². The molecular formula is C48H89NO3. The fourth-order valence-electron chi connectivity index (χ4n) is 6.75. The van der Waals surface area contributed by atoms with E-state index in [1.165, 1.54) is 173 Å². The summed E-state index contributed by atoms with van der Waals surface area (Å²) in [5, 5.41) is 23.0. The third-order valence-electron chi connectivity index (χ3n) is 10.3. The van der Waals surface area contributed by atoms with Crippen molar-refractivity contribution in [1.82, 2.24) is 5.32 Å². The van der Waals surface area contributed by atoms with Gasteiger partial charge in [-0.25, -0.2) is 0 Å². The number of carbonyl (C=O) groups excluding carboxylic acids is 1. The van der Waals surface area contributed by atoms with Crippen molar-refractivity contribution in [3.05, 3.63) is 48.6 Å². The Hall–Kier alpha value is -1.65. The summed E-state index contributed by atoms with van der Waals surface area (Å²) in [6, 6.07) is -0.639. The number of hydrogen-bond acceptors (Lipinski definition) is 3. The summed E-state index contributed by atoms with van der Waals surface area (Å²) in [6.07, 6.45) is 59.4. The molecule has 0 aliphatic carbocycles. The monoisotopic (exact) mass is 728 g/mol. The van der Waals surface area contributed by atoms with Gasteiger partial charge >= 0.3 is 0 Å². The number of carbonyl (C=O) groups is 1. The van der Waals surface area contributed by atoms with Crippen LogP contribution in [-0.4, -0.2) is 34.9 Å². The first-order valence-corrected chi connectivity index (χ1v) is 22.9. The quantitative estimate of drug-likeness (QED) is 0.0434. The lowest BCUT2D eigenvalue weighted by atomic mass is 10.0. The fourth-order valence-corrected chi connectivity index (χ4v) is 6.75. The molecule has 0 heterocycles. The molecule has 52 heavy (non-hydrogen) atoms. The molecule has 0 rings (SSSR count). The lowest BCUT2D eigenvalue weighted by Gasteiger charge is -2.19. The van der Waals surface area contributed by atoms with E-state index >= 15 is 0 Å². The van der Waals surface area contributed by atoms with Gasteiger partial charge in [0.05, 0.1) is 18.8 Å². The molecule has 304 valence electrons. The van der Waals surface area contributed by atoms with Gasteiger partial charge < -0.3 is 15.5 Å². The van der Waals surface area contributed by atoms with Crippen molar-refractivity contribution in [2.45, 2.75) is 244 Å². The van der Waals surface area contributed by atoms with Crippen LogP contribution in [0.5, 0.6) is 0 Å². The maximum atomic E-state index is 12.4. The Labute approximate surface area is 324 Å².